The van der Waals surface area contributed by atoms with Crippen LogP contribution < -0.4 is 4.90 Å². The zero-order valence-corrected chi connectivity index (χ0v) is 14.2. The average molecular weight is 320 g/mol. The van der Waals surface area contributed by atoms with E-state index in [0.29, 0.717) is 6.04 Å². The molecule has 0 amide bonds. The van der Waals surface area contributed by atoms with Crippen LogP contribution in [0.5, 0.6) is 0 Å². The van der Waals surface area contributed by atoms with Crippen LogP contribution in [0.25, 0.3) is 0 Å². The Labute approximate surface area is 141 Å². The average Bonchev–Trinajstić information content (AvgIpc) is 3.08. The third-order valence-corrected chi connectivity index (χ3v) is 4.29. The molecule has 3 rings (SSSR count). The number of para-hydroxylation sites is 1. The third-order valence-electron chi connectivity index (χ3n) is 3.58. The minimum atomic E-state index is 0.387. The van der Waals surface area contributed by atoms with Gasteiger partial charge in [0.1, 0.15) is 0 Å². The van der Waals surface area contributed by atoms with Crippen LogP contribution >= 0.6 is 11.3 Å². The van der Waals surface area contributed by atoms with Crippen LogP contribution in [0, 0.1) is 0 Å². The zero-order valence-electron chi connectivity index (χ0n) is 13.4. The van der Waals surface area contributed by atoms with Gasteiger partial charge in [-0.05, 0) is 67.1 Å². The lowest BCUT2D eigenvalue weighted by Crippen LogP contribution is -2.25. The third kappa shape index (κ3) is 3.88. The number of rotatable bonds is 5. The summed E-state index contributed by atoms with van der Waals surface area (Å²) in [4.78, 5) is 6.86. The smallest absolute Gasteiger partial charge is 0.0631 e. The standard InChI is InChI=1S/C20H20N2S/c1-16(2)22(19-6-4-3-5-7-19)20-10-8-18(9-11-20)21-14-17-12-13-23-15-17/h3-16H,1-2H3. The fourth-order valence-corrected chi connectivity index (χ4v) is 3.14. The molecule has 0 radical (unpaired) electrons. The molecule has 2 aromatic carbocycles. The molecule has 0 bridgehead atoms. The van der Waals surface area contributed by atoms with Crippen molar-refractivity contribution in [3.8, 4) is 0 Å². The number of anilines is 2. The molecule has 0 unspecified atom stereocenters. The van der Waals surface area contributed by atoms with Crippen LogP contribution in [0.2, 0.25) is 0 Å². The summed E-state index contributed by atoms with van der Waals surface area (Å²) in [6.07, 6.45) is 1.91. The van der Waals surface area contributed by atoms with E-state index in [9.17, 15) is 0 Å². The van der Waals surface area contributed by atoms with Crippen molar-refractivity contribution in [2.75, 3.05) is 4.90 Å². The Hall–Kier alpha value is -2.39. The van der Waals surface area contributed by atoms with Crippen LogP contribution in [-0.2, 0) is 0 Å². The minimum absolute atomic E-state index is 0.387. The molecule has 1 heterocycles. The Kier molecular flexibility index (Phi) is 4.89. The molecule has 0 aliphatic rings. The molecule has 116 valence electrons. The molecule has 3 heteroatoms. The number of thiophene rings is 1. The van der Waals surface area contributed by atoms with Crippen molar-refractivity contribution in [3.63, 3.8) is 0 Å². The van der Waals surface area contributed by atoms with Crippen LogP contribution in [0.1, 0.15) is 19.4 Å². The normalized spacial score (nSPS) is 11.3. The lowest BCUT2D eigenvalue weighted by atomic mass is 10.2. The van der Waals surface area contributed by atoms with E-state index in [-0.39, 0.29) is 0 Å². The van der Waals surface area contributed by atoms with Gasteiger partial charge in [-0.1, -0.05) is 18.2 Å². The monoisotopic (exact) mass is 320 g/mol. The molecule has 0 fully saturated rings. The van der Waals surface area contributed by atoms with Crippen molar-refractivity contribution in [3.05, 3.63) is 77.0 Å². The van der Waals surface area contributed by atoms with Crippen molar-refractivity contribution in [2.45, 2.75) is 19.9 Å². The molecule has 0 saturated heterocycles. The van der Waals surface area contributed by atoms with Crippen LogP contribution in [-0.4, -0.2) is 12.3 Å². The Morgan fingerprint density at radius 2 is 1.61 bits per heavy atom. The predicted molar refractivity (Wildman–Crippen MR) is 102 cm³/mol. The highest BCUT2D eigenvalue weighted by Crippen LogP contribution is 2.29. The van der Waals surface area contributed by atoms with E-state index in [4.69, 9.17) is 0 Å². The number of benzene rings is 2. The Morgan fingerprint density at radius 1 is 0.913 bits per heavy atom. The number of nitrogens with zero attached hydrogens (tertiary/aromatic N) is 2. The fourth-order valence-electron chi connectivity index (χ4n) is 2.53. The minimum Gasteiger partial charge on any atom is -0.339 e. The summed E-state index contributed by atoms with van der Waals surface area (Å²) in [6, 6.07) is 21.3. The summed E-state index contributed by atoms with van der Waals surface area (Å²) < 4.78 is 0. The first kappa shape index (κ1) is 15.5. The first-order valence-electron chi connectivity index (χ1n) is 7.74. The molecule has 3 aromatic rings. The summed E-state index contributed by atoms with van der Waals surface area (Å²) in [7, 11) is 0. The van der Waals surface area contributed by atoms with E-state index < -0.39 is 0 Å². The second kappa shape index (κ2) is 7.25. The van der Waals surface area contributed by atoms with Gasteiger partial charge >= 0.3 is 0 Å². The largest absolute Gasteiger partial charge is 0.339 e. The molecule has 1 aromatic heterocycles. The summed E-state index contributed by atoms with van der Waals surface area (Å²) in [5.41, 5.74) is 4.50. The van der Waals surface area contributed by atoms with E-state index in [2.05, 4.69) is 89.1 Å². The van der Waals surface area contributed by atoms with Gasteiger partial charge in [0.25, 0.3) is 0 Å². The van der Waals surface area contributed by atoms with E-state index in [1.807, 2.05) is 12.3 Å². The van der Waals surface area contributed by atoms with Crippen LogP contribution in [0.15, 0.2) is 76.4 Å². The van der Waals surface area contributed by atoms with Crippen molar-refractivity contribution in [1.82, 2.24) is 0 Å². The number of aliphatic imine (C=N–C) groups is 1. The zero-order chi connectivity index (χ0) is 16.1. The molecule has 0 saturated carbocycles. The maximum atomic E-state index is 4.53. The van der Waals surface area contributed by atoms with Gasteiger partial charge in [-0.25, -0.2) is 0 Å². The molecule has 0 N–H and O–H groups in total. The van der Waals surface area contributed by atoms with Crippen LogP contribution in [0.3, 0.4) is 0 Å². The molecule has 0 atom stereocenters. The second-order valence-electron chi connectivity index (χ2n) is 5.63. The molecule has 0 spiro atoms. The van der Waals surface area contributed by atoms with E-state index in [1.165, 1.54) is 11.4 Å². The number of hydrogen-bond donors (Lipinski definition) is 0. The lowest BCUT2D eigenvalue weighted by molar-refractivity contribution is 0.789. The van der Waals surface area contributed by atoms with Crippen molar-refractivity contribution in [1.29, 1.82) is 0 Å². The molecular formula is C20H20N2S. The van der Waals surface area contributed by atoms with Gasteiger partial charge in [0.05, 0.1) is 5.69 Å². The molecule has 0 aliphatic heterocycles. The maximum absolute atomic E-state index is 4.53. The highest BCUT2D eigenvalue weighted by Gasteiger charge is 2.12. The Bertz CT molecular complexity index is 744. The maximum Gasteiger partial charge on any atom is 0.0631 e. The topological polar surface area (TPSA) is 15.6 Å². The fraction of sp³-hybridized carbons (Fsp3) is 0.150. The van der Waals surface area contributed by atoms with Gasteiger partial charge in [0, 0.05) is 29.2 Å². The van der Waals surface area contributed by atoms with Crippen molar-refractivity contribution < 1.29 is 0 Å². The molecule has 23 heavy (non-hydrogen) atoms. The SMILES string of the molecule is CC(C)N(c1ccccc1)c1ccc(N=Cc2ccsc2)cc1. The van der Waals surface area contributed by atoms with Gasteiger partial charge < -0.3 is 4.90 Å². The summed E-state index contributed by atoms with van der Waals surface area (Å²) >= 11 is 1.68. The summed E-state index contributed by atoms with van der Waals surface area (Å²) in [5, 5.41) is 4.15. The van der Waals surface area contributed by atoms with E-state index in [1.54, 1.807) is 11.3 Å². The molecular weight excluding hydrogens is 300 g/mol. The van der Waals surface area contributed by atoms with Gasteiger partial charge in [0.15, 0.2) is 0 Å². The lowest BCUT2D eigenvalue weighted by Gasteiger charge is -2.29. The molecule has 0 aliphatic carbocycles. The predicted octanol–water partition coefficient (Wildman–Crippen LogP) is 6.05. The summed E-state index contributed by atoms with van der Waals surface area (Å²) in [6.45, 7) is 4.41. The Balaban J connectivity index is 1.82. The van der Waals surface area contributed by atoms with Gasteiger partial charge in [0.2, 0.25) is 0 Å². The quantitative estimate of drug-likeness (QED) is 0.523. The first-order valence-corrected chi connectivity index (χ1v) is 8.69. The van der Waals surface area contributed by atoms with E-state index >= 15 is 0 Å². The molecule has 2 nitrogen and oxygen atoms in total. The van der Waals surface area contributed by atoms with E-state index in [0.717, 1.165) is 11.3 Å². The van der Waals surface area contributed by atoms with Crippen LogP contribution in [0.4, 0.5) is 17.1 Å². The van der Waals surface area contributed by atoms with Crippen molar-refractivity contribution in [2.24, 2.45) is 4.99 Å². The van der Waals surface area contributed by atoms with Gasteiger partial charge in [-0.15, -0.1) is 0 Å². The highest BCUT2D eigenvalue weighted by molar-refractivity contribution is 7.08. The number of hydrogen-bond acceptors (Lipinski definition) is 3. The highest BCUT2D eigenvalue weighted by atomic mass is 32.1. The van der Waals surface area contributed by atoms with Gasteiger partial charge in [-0.2, -0.15) is 11.3 Å². The van der Waals surface area contributed by atoms with Gasteiger partial charge in [-0.3, -0.25) is 4.99 Å². The van der Waals surface area contributed by atoms with Crippen molar-refractivity contribution >= 4 is 34.6 Å². The first-order chi connectivity index (χ1) is 11.2. The summed E-state index contributed by atoms with van der Waals surface area (Å²) in [5.74, 6) is 0. The Morgan fingerprint density at radius 3 is 2.22 bits per heavy atom. The second-order valence-corrected chi connectivity index (χ2v) is 6.41.